The van der Waals surface area contributed by atoms with Gasteiger partial charge in [0.1, 0.15) is 23.4 Å². The van der Waals surface area contributed by atoms with E-state index in [1.165, 1.54) is 12.0 Å². The Hall–Kier alpha value is -1.48. The number of hydrogen-bond acceptors (Lipinski definition) is 7. The van der Waals surface area contributed by atoms with Crippen LogP contribution >= 0.6 is 0 Å². The maximum absolute atomic E-state index is 13.1. The maximum atomic E-state index is 13.1. The number of rotatable bonds is 12. The van der Waals surface area contributed by atoms with Gasteiger partial charge in [-0.25, -0.2) is 0 Å². The van der Waals surface area contributed by atoms with E-state index in [4.69, 9.17) is 18.9 Å². The first kappa shape index (κ1) is 28.5. The quantitative estimate of drug-likeness (QED) is 0.231. The summed E-state index contributed by atoms with van der Waals surface area (Å²) < 4.78 is 24.3. The SMILES string of the molecule is CO[C@@H]1[C@H](OC(=O)C[C@@H](C(=O)NCCC2CCCN2)C(C)C)CC[C@]2(CO2)[C@H]1[C@@]1(C)O[C@@H]1CC=C(C)C. The average Bonchev–Trinajstić information content (AvgIpc) is 3.69. The zero-order chi connectivity index (χ0) is 26.8. The third-order valence-electron chi connectivity index (χ3n) is 9.00. The molecular formula is C29H48N2O6. The van der Waals surface area contributed by atoms with E-state index in [0.717, 1.165) is 32.2 Å². The lowest BCUT2D eigenvalue weighted by Gasteiger charge is -2.42. The van der Waals surface area contributed by atoms with Crippen molar-refractivity contribution >= 4 is 11.9 Å². The van der Waals surface area contributed by atoms with E-state index in [0.29, 0.717) is 25.6 Å². The minimum atomic E-state index is -0.416. The van der Waals surface area contributed by atoms with Gasteiger partial charge >= 0.3 is 5.97 Å². The number of esters is 1. The van der Waals surface area contributed by atoms with Gasteiger partial charge in [-0.3, -0.25) is 9.59 Å². The van der Waals surface area contributed by atoms with E-state index >= 15 is 0 Å². The van der Waals surface area contributed by atoms with Gasteiger partial charge in [0.05, 0.1) is 31.0 Å². The highest BCUT2D eigenvalue weighted by molar-refractivity contribution is 5.84. The van der Waals surface area contributed by atoms with Gasteiger partial charge in [0, 0.05) is 19.7 Å². The molecule has 1 spiro atoms. The topological polar surface area (TPSA) is 102 Å². The van der Waals surface area contributed by atoms with Crippen LogP contribution in [0.4, 0.5) is 0 Å². The van der Waals surface area contributed by atoms with Crippen LogP contribution in [-0.2, 0) is 28.5 Å². The van der Waals surface area contributed by atoms with Gasteiger partial charge in [0.2, 0.25) is 5.91 Å². The van der Waals surface area contributed by atoms with Crippen LogP contribution in [0.15, 0.2) is 11.6 Å². The van der Waals surface area contributed by atoms with Crippen molar-refractivity contribution < 1.29 is 28.5 Å². The predicted molar refractivity (Wildman–Crippen MR) is 141 cm³/mol. The molecule has 0 aromatic rings. The van der Waals surface area contributed by atoms with E-state index in [1.807, 2.05) is 13.8 Å². The van der Waals surface area contributed by atoms with Gasteiger partial charge < -0.3 is 29.6 Å². The van der Waals surface area contributed by atoms with E-state index < -0.39 is 5.92 Å². The highest BCUT2D eigenvalue weighted by atomic mass is 16.6. The molecule has 0 bridgehead atoms. The Labute approximate surface area is 222 Å². The molecule has 4 fully saturated rings. The summed E-state index contributed by atoms with van der Waals surface area (Å²) in [4.78, 5) is 26.1. The Balaban J connectivity index is 1.35. The molecule has 0 radical (unpaired) electrons. The van der Waals surface area contributed by atoms with Crippen molar-refractivity contribution in [2.45, 2.75) is 115 Å². The average molecular weight is 521 g/mol. The highest BCUT2D eigenvalue weighted by Gasteiger charge is 2.72. The standard InChI is InChI=1S/C29H48N2O6/c1-18(2)9-10-23-28(5,37-23)26-25(34-6)22(11-13-29(26)17-35-29)36-24(32)16-21(19(3)4)27(33)31-15-12-20-8-7-14-30-20/h9,19-23,25-26,30H,7-8,10-17H2,1-6H3,(H,31,33)/t20?,21-,22-,23-,25-,26-,28+,29+/m1/s1. The lowest BCUT2D eigenvalue weighted by molar-refractivity contribution is -0.173. The Morgan fingerprint density at radius 2 is 2.00 bits per heavy atom. The summed E-state index contributed by atoms with van der Waals surface area (Å²) in [7, 11) is 1.68. The van der Waals surface area contributed by atoms with Crippen molar-refractivity contribution in [3.63, 3.8) is 0 Å². The molecule has 8 nitrogen and oxygen atoms in total. The molecule has 4 aliphatic rings. The number of ether oxygens (including phenoxy) is 4. The van der Waals surface area contributed by atoms with E-state index in [2.05, 4.69) is 37.5 Å². The summed E-state index contributed by atoms with van der Waals surface area (Å²) in [5.41, 5.74) is 0.642. The Morgan fingerprint density at radius 1 is 1.24 bits per heavy atom. The fourth-order valence-electron chi connectivity index (χ4n) is 6.60. The molecule has 8 atom stereocenters. The van der Waals surface area contributed by atoms with Gasteiger partial charge in [-0.2, -0.15) is 0 Å². The second-order valence-corrected chi connectivity index (χ2v) is 12.3. The largest absolute Gasteiger partial charge is 0.460 e. The van der Waals surface area contributed by atoms with Gasteiger partial charge in [-0.1, -0.05) is 25.5 Å². The molecular weight excluding hydrogens is 472 g/mol. The van der Waals surface area contributed by atoms with E-state index in [-0.39, 0.29) is 59.6 Å². The second-order valence-electron chi connectivity index (χ2n) is 12.3. The van der Waals surface area contributed by atoms with Crippen molar-refractivity contribution in [3.05, 3.63) is 11.6 Å². The molecule has 1 saturated carbocycles. The second kappa shape index (κ2) is 11.7. The number of hydrogen-bond donors (Lipinski definition) is 2. The molecule has 3 heterocycles. The molecule has 1 amide bonds. The molecule has 210 valence electrons. The van der Waals surface area contributed by atoms with Crippen LogP contribution in [0, 0.1) is 17.8 Å². The minimum Gasteiger partial charge on any atom is -0.460 e. The summed E-state index contributed by atoms with van der Waals surface area (Å²) in [6, 6.07) is 0.477. The predicted octanol–water partition coefficient (Wildman–Crippen LogP) is 3.53. The molecule has 1 unspecified atom stereocenters. The number of amides is 1. The Kier molecular flexibility index (Phi) is 9.04. The highest BCUT2D eigenvalue weighted by Crippen LogP contribution is 2.59. The monoisotopic (exact) mass is 520 g/mol. The summed E-state index contributed by atoms with van der Waals surface area (Å²) >= 11 is 0. The molecule has 37 heavy (non-hydrogen) atoms. The van der Waals surface area contributed by atoms with Gasteiger partial charge in [0.15, 0.2) is 0 Å². The molecule has 2 N–H and O–H groups in total. The van der Waals surface area contributed by atoms with E-state index in [1.54, 1.807) is 7.11 Å². The molecule has 3 saturated heterocycles. The molecule has 8 heteroatoms. The summed E-state index contributed by atoms with van der Waals surface area (Å²) in [6.45, 7) is 12.7. The van der Waals surface area contributed by atoms with Crippen LogP contribution in [0.1, 0.15) is 79.6 Å². The van der Waals surface area contributed by atoms with Crippen LogP contribution in [0.25, 0.3) is 0 Å². The van der Waals surface area contributed by atoms with Crippen LogP contribution in [-0.4, -0.2) is 74.2 Å². The van der Waals surface area contributed by atoms with Crippen molar-refractivity contribution in [1.82, 2.24) is 10.6 Å². The third kappa shape index (κ3) is 6.57. The lowest BCUT2D eigenvalue weighted by atomic mass is 9.68. The third-order valence-corrected chi connectivity index (χ3v) is 9.00. The van der Waals surface area contributed by atoms with Crippen molar-refractivity contribution in [3.8, 4) is 0 Å². The van der Waals surface area contributed by atoms with Gasteiger partial charge in [-0.15, -0.1) is 0 Å². The number of epoxide rings is 2. The lowest BCUT2D eigenvalue weighted by Crippen LogP contribution is -2.55. The Morgan fingerprint density at radius 3 is 2.59 bits per heavy atom. The smallest absolute Gasteiger partial charge is 0.306 e. The first-order valence-electron chi connectivity index (χ1n) is 14.3. The van der Waals surface area contributed by atoms with Crippen LogP contribution in [0.2, 0.25) is 0 Å². The zero-order valence-corrected chi connectivity index (χ0v) is 23.6. The fourth-order valence-corrected chi connectivity index (χ4v) is 6.60. The zero-order valence-electron chi connectivity index (χ0n) is 23.6. The molecule has 3 aliphatic heterocycles. The molecule has 0 aromatic carbocycles. The van der Waals surface area contributed by atoms with Crippen molar-refractivity contribution in [1.29, 1.82) is 0 Å². The summed E-state index contributed by atoms with van der Waals surface area (Å²) in [5, 5.41) is 6.50. The summed E-state index contributed by atoms with van der Waals surface area (Å²) in [5.74, 6) is -0.804. The number of allylic oxidation sites excluding steroid dienone is 1. The van der Waals surface area contributed by atoms with Crippen LogP contribution in [0.3, 0.4) is 0 Å². The molecule has 1 aliphatic carbocycles. The molecule has 4 rings (SSSR count). The Bertz CT molecular complexity index is 845. The number of nitrogens with one attached hydrogen (secondary N) is 2. The van der Waals surface area contributed by atoms with E-state index in [9.17, 15) is 9.59 Å². The minimum absolute atomic E-state index is 0.0134. The number of methoxy groups -OCH3 is 1. The van der Waals surface area contributed by atoms with Crippen molar-refractivity contribution in [2.24, 2.45) is 17.8 Å². The maximum Gasteiger partial charge on any atom is 0.306 e. The van der Waals surface area contributed by atoms with Crippen molar-refractivity contribution in [2.75, 3.05) is 26.8 Å². The molecule has 0 aromatic heterocycles. The van der Waals surface area contributed by atoms with Gasteiger partial charge in [0.25, 0.3) is 0 Å². The van der Waals surface area contributed by atoms with Gasteiger partial charge in [-0.05, 0) is 71.8 Å². The first-order chi connectivity index (χ1) is 17.6. The fraction of sp³-hybridized carbons (Fsp3) is 0.862. The summed E-state index contributed by atoms with van der Waals surface area (Å²) in [6.07, 6.45) is 7.31. The number of carbonyl (C=O) groups excluding carboxylic acids is 2. The van der Waals surface area contributed by atoms with Crippen LogP contribution in [0.5, 0.6) is 0 Å². The number of carbonyl (C=O) groups is 2. The normalized spacial score (nSPS) is 37.3. The first-order valence-corrected chi connectivity index (χ1v) is 14.3. The van der Waals surface area contributed by atoms with Crippen LogP contribution < -0.4 is 10.6 Å².